The molecule has 0 radical (unpaired) electrons. The van der Waals surface area contributed by atoms with Gasteiger partial charge in [0.05, 0.1) is 11.1 Å². The third-order valence-electron chi connectivity index (χ3n) is 3.92. The minimum Gasteiger partial charge on any atom is -0.330 e. The van der Waals surface area contributed by atoms with Gasteiger partial charge in [0.2, 0.25) is 0 Å². The minimum atomic E-state index is -4.80. The zero-order chi connectivity index (χ0) is 18.7. The number of alkyl halides is 6. The van der Waals surface area contributed by atoms with Crippen LogP contribution < -0.4 is 5.73 Å². The number of nitrogens with two attached hydrogens (primary N) is 1. The standard InChI is InChI=1S/C17H18F6N2/c18-16(19,20)13-8-5-7-12-11(6-3-1-2-4-9-24)10-14(17(21,22)23)25-15(12)13/h5,7-8,10H,1-4,6,9,24H2. The fourth-order valence-electron chi connectivity index (χ4n) is 2.71. The van der Waals surface area contributed by atoms with E-state index in [1.807, 2.05) is 0 Å². The molecule has 0 aliphatic heterocycles. The van der Waals surface area contributed by atoms with Gasteiger partial charge in [-0.15, -0.1) is 0 Å². The van der Waals surface area contributed by atoms with Gasteiger partial charge < -0.3 is 5.73 Å². The van der Waals surface area contributed by atoms with E-state index in [0.29, 0.717) is 13.0 Å². The predicted octanol–water partition coefficient (Wildman–Crippen LogP) is 5.33. The number of fused-ring (bicyclic) bond motifs is 1. The van der Waals surface area contributed by atoms with Crippen molar-refractivity contribution in [1.29, 1.82) is 0 Å². The van der Waals surface area contributed by atoms with Crippen LogP contribution in [-0.2, 0) is 18.8 Å². The van der Waals surface area contributed by atoms with Gasteiger partial charge in [0, 0.05) is 5.39 Å². The number of pyridine rings is 1. The Morgan fingerprint density at radius 1 is 0.880 bits per heavy atom. The molecule has 8 heteroatoms. The van der Waals surface area contributed by atoms with Crippen molar-refractivity contribution in [3.05, 3.63) is 41.1 Å². The fraction of sp³-hybridized carbons (Fsp3) is 0.471. The van der Waals surface area contributed by atoms with Gasteiger partial charge in [-0.05, 0) is 43.5 Å². The summed E-state index contributed by atoms with van der Waals surface area (Å²) in [5, 5.41) is 0.113. The van der Waals surface area contributed by atoms with Crippen molar-refractivity contribution in [2.45, 2.75) is 44.5 Å². The van der Waals surface area contributed by atoms with E-state index >= 15 is 0 Å². The summed E-state index contributed by atoms with van der Waals surface area (Å²) in [6, 6.07) is 4.18. The maximum absolute atomic E-state index is 13.1. The van der Waals surface area contributed by atoms with Crippen LogP contribution >= 0.6 is 0 Å². The normalized spacial score (nSPS) is 12.8. The van der Waals surface area contributed by atoms with Crippen molar-refractivity contribution < 1.29 is 26.3 Å². The Balaban J connectivity index is 2.48. The molecule has 0 amide bonds. The van der Waals surface area contributed by atoms with E-state index in [0.717, 1.165) is 31.4 Å². The van der Waals surface area contributed by atoms with Crippen molar-refractivity contribution >= 4 is 10.9 Å². The summed E-state index contributed by atoms with van der Waals surface area (Å²) in [6.45, 7) is 0.533. The van der Waals surface area contributed by atoms with Crippen LogP contribution in [0, 0.1) is 0 Å². The highest BCUT2D eigenvalue weighted by Gasteiger charge is 2.37. The van der Waals surface area contributed by atoms with Crippen LogP contribution in [0.15, 0.2) is 24.3 Å². The number of hydrogen-bond donors (Lipinski definition) is 1. The second-order valence-corrected chi connectivity index (χ2v) is 5.82. The highest BCUT2D eigenvalue weighted by atomic mass is 19.4. The molecule has 1 aromatic carbocycles. The summed E-state index contributed by atoms with van der Waals surface area (Å²) in [6.07, 6.45) is -6.35. The van der Waals surface area contributed by atoms with Gasteiger partial charge in [-0.25, -0.2) is 4.98 Å². The molecule has 2 aromatic rings. The summed E-state index contributed by atoms with van der Waals surface area (Å²) < 4.78 is 78.6. The molecule has 1 heterocycles. The smallest absolute Gasteiger partial charge is 0.330 e. The second kappa shape index (κ2) is 7.59. The van der Waals surface area contributed by atoms with Crippen LogP contribution in [0.3, 0.4) is 0 Å². The molecule has 0 atom stereocenters. The zero-order valence-corrected chi connectivity index (χ0v) is 13.3. The number of hydrogen-bond acceptors (Lipinski definition) is 2. The van der Waals surface area contributed by atoms with Gasteiger partial charge in [-0.2, -0.15) is 26.3 Å². The van der Waals surface area contributed by atoms with E-state index in [-0.39, 0.29) is 17.4 Å². The average molecular weight is 364 g/mol. The lowest BCUT2D eigenvalue weighted by atomic mass is 9.98. The Kier molecular flexibility index (Phi) is 5.92. The van der Waals surface area contributed by atoms with Gasteiger partial charge in [0.25, 0.3) is 0 Å². The molecule has 2 nitrogen and oxygen atoms in total. The maximum atomic E-state index is 13.1. The number of nitrogens with zero attached hydrogens (tertiary/aromatic N) is 1. The predicted molar refractivity (Wildman–Crippen MR) is 83.0 cm³/mol. The summed E-state index contributed by atoms with van der Waals surface area (Å²) >= 11 is 0. The number of halogens is 6. The SMILES string of the molecule is NCCCCCCc1cc(C(F)(F)F)nc2c(C(F)(F)F)cccc12. The molecule has 0 saturated heterocycles. The van der Waals surface area contributed by atoms with E-state index in [1.54, 1.807) is 0 Å². The molecule has 0 spiro atoms. The quantitative estimate of drug-likeness (QED) is 0.555. The van der Waals surface area contributed by atoms with E-state index in [9.17, 15) is 26.3 Å². The van der Waals surface area contributed by atoms with Gasteiger partial charge >= 0.3 is 12.4 Å². The monoisotopic (exact) mass is 364 g/mol. The van der Waals surface area contributed by atoms with Crippen molar-refractivity contribution in [3.8, 4) is 0 Å². The maximum Gasteiger partial charge on any atom is 0.433 e. The molecule has 25 heavy (non-hydrogen) atoms. The Morgan fingerprint density at radius 2 is 1.56 bits per heavy atom. The van der Waals surface area contributed by atoms with Gasteiger partial charge in [-0.1, -0.05) is 25.0 Å². The lowest BCUT2D eigenvalue weighted by Crippen LogP contribution is -2.12. The van der Waals surface area contributed by atoms with Crippen LogP contribution in [0.2, 0.25) is 0 Å². The third-order valence-corrected chi connectivity index (χ3v) is 3.92. The van der Waals surface area contributed by atoms with Crippen LogP contribution in [-0.4, -0.2) is 11.5 Å². The molecule has 2 N–H and O–H groups in total. The van der Waals surface area contributed by atoms with Crippen LogP contribution in [0.4, 0.5) is 26.3 Å². The van der Waals surface area contributed by atoms with Crippen molar-refractivity contribution in [3.63, 3.8) is 0 Å². The van der Waals surface area contributed by atoms with E-state index in [1.165, 1.54) is 12.1 Å². The number of rotatable bonds is 6. The van der Waals surface area contributed by atoms with Crippen molar-refractivity contribution in [1.82, 2.24) is 4.98 Å². The fourth-order valence-corrected chi connectivity index (χ4v) is 2.71. The number of para-hydroxylation sites is 1. The van der Waals surface area contributed by atoms with E-state index in [2.05, 4.69) is 4.98 Å². The van der Waals surface area contributed by atoms with Crippen LogP contribution in [0.25, 0.3) is 10.9 Å². The number of aromatic nitrogens is 1. The Bertz CT molecular complexity index is 721. The van der Waals surface area contributed by atoms with Gasteiger partial charge in [0.1, 0.15) is 5.69 Å². The van der Waals surface area contributed by atoms with Gasteiger partial charge in [-0.3, -0.25) is 0 Å². The molecule has 0 unspecified atom stereocenters. The molecule has 1 aromatic heterocycles. The lowest BCUT2D eigenvalue weighted by molar-refractivity contribution is -0.142. The molecule has 0 aliphatic rings. The number of benzene rings is 1. The molecule has 0 saturated carbocycles. The number of aryl methyl sites for hydroxylation is 1. The Morgan fingerprint density at radius 3 is 2.16 bits per heavy atom. The van der Waals surface area contributed by atoms with Crippen molar-refractivity contribution in [2.75, 3.05) is 6.54 Å². The van der Waals surface area contributed by atoms with Crippen LogP contribution in [0.1, 0.15) is 42.5 Å². The molecule has 0 aliphatic carbocycles. The Labute approximate surface area is 141 Å². The van der Waals surface area contributed by atoms with Crippen molar-refractivity contribution in [2.24, 2.45) is 5.73 Å². The summed E-state index contributed by atoms with van der Waals surface area (Å²) in [5.41, 5.74) is 2.51. The molecule has 138 valence electrons. The first-order valence-corrected chi connectivity index (χ1v) is 7.91. The highest BCUT2D eigenvalue weighted by Crippen LogP contribution is 2.37. The molecule has 0 fully saturated rings. The van der Waals surface area contributed by atoms with Crippen LogP contribution in [0.5, 0.6) is 0 Å². The van der Waals surface area contributed by atoms with E-state index in [4.69, 9.17) is 5.73 Å². The average Bonchev–Trinajstić information content (AvgIpc) is 2.52. The summed E-state index contributed by atoms with van der Waals surface area (Å²) in [5.74, 6) is 0. The van der Waals surface area contributed by atoms with E-state index < -0.39 is 29.1 Å². The zero-order valence-electron chi connectivity index (χ0n) is 13.3. The summed E-state index contributed by atoms with van der Waals surface area (Å²) in [4.78, 5) is 3.27. The number of unbranched alkanes of at least 4 members (excludes halogenated alkanes) is 3. The molecular formula is C17H18F6N2. The molecular weight excluding hydrogens is 346 g/mol. The third kappa shape index (κ3) is 4.84. The second-order valence-electron chi connectivity index (χ2n) is 5.82. The molecule has 2 rings (SSSR count). The lowest BCUT2D eigenvalue weighted by Gasteiger charge is -2.15. The first-order valence-electron chi connectivity index (χ1n) is 7.91. The highest BCUT2D eigenvalue weighted by molar-refractivity contribution is 5.86. The summed E-state index contributed by atoms with van der Waals surface area (Å²) in [7, 11) is 0. The molecule has 0 bridgehead atoms. The topological polar surface area (TPSA) is 38.9 Å². The first-order chi connectivity index (χ1) is 11.6. The largest absolute Gasteiger partial charge is 0.433 e. The Hall–Kier alpha value is -1.83. The first kappa shape index (κ1) is 19.5. The van der Waals surface area contributed by atoms with Gasteiger partial charge in [0.15, 0.2) is 0 Å². The minimum absolute atomic E-state index is 0.113.